The van der Waals surface area contributed by atoms with Crippen LogP contribution in [0.3, 0.4) is 0 Å². The normalized spacial score (nSPS) is 14.2. The summed E-state index contributed by atoms with van der Waals surface area (Å²) in [5.41, 5.74) is 2.92. The Bertz CT molecular complexity index is 527. The first-order valence-electron chi connectivity index (χ1n) is 5.89. The molecule has 2 aromatic rings. The maximum atomic E-state index is 13.9. The molecule has 18 heavy (non-hydrogen) atoms. The Morgan fingerprint density at radius 2 is 1.83 bits per heavy atom. The first kappa shape index (κ1) is 13.2. The van der Waals surface area contributed by atoms with Gasteiger partial charge in [0, 0.05) is 22.8 Å². The van der Waals surface area contributed by atoms with Crippen LogP contribution in [-0.2, 0) is 0 Å². The zero-order valence-electron chi connectivity index (χ0n) is 10.4. The molecule has 0 saturated carbocycles. The number of aromatic nitrogens is 1. The van der Waals surface area contributed by atoms with Crippen LogP contribution in [0.2, 0.25) is 0 Å². The number of alkyl halides is 1. The molecule has 0 aliphatic rings. The highest BCUT2D eigenvalue weighted by Crippen LogP contribution is 2.38. The van der Waals surface area contributed by atoms with E-state index in [4.69, 9.17) is 0 Å². The van der Waals surface area contributed by atoms with Crippen LogP contribution < -0.4 is 0 Å². The predicted molar refractivity (Wildman–Crippen MR) is 75.5 cm³/mol. The highest BCUT2D eigenvalue weighted by Gasteiger charge is 2.20. The molecule has 1 heterocycles. The second-order valence-corrected chi connectivity index (χ2v) is 5.48. The van der Waals surface area contributed by atoms with Crippen molar-refractivity contribution in [3.63, 3.8) is 0 Å². The molecule has 0 saturated heterocycles. The molecule has 2 rings (SSSR count). The highest BCUT2D eigenvalue weighted by atomic mass is 79.9. The van der Waals surface area contributed by atoms with Crippen LogP contribution in [-0.4, -0.2) is 4.98 Å². The minimum atomic E-state index is -0.164. The van der Waals surface area contributed by atoms with E-state index in [1.807, 2.05) is 25.1 Å². The number of benzene rings is 1. The van der Waals surface area contributed by atoms with Gasteiger partial charge in [0.15, 0.2) is 0 Å². The number of hydrogen-bond donors (Lipinski definition) is 0. The second kappa shape index (κ2) is 5.61. The third-order valence-electron chi connectivity index (χ3n) is 3.12. The lowest BCUT2D eigenvalue weighted by atomic mass is 9.93. The van der Waals surface area contributed by atoms with Crippen LogP contribution in [0.15, 0.2) is 42.7 Å². The van der Waals surface area contributed by atoms with Gasteiger partial charge in [-0.05, 0) is 36.6 Å². The Morgan fingerprint density at radius 3 is 2.50 bits per heavy atom. The minimum Gasteiger partial charge on any atom is -0.265 e. The number of halogens is 2. The van der Waals surface area contributed by atoms with Gasteiger partial charge in [0.25, 0.3) is 0 Å². The molecule has 2 unspecified atom stereocenters. The van der Waals surface area contributed by atoms with Gasteiger partial charge in [-0.15, -0.1) is 0 Å². The molecule has 1 aromatic carbocycles. The summed E-state index contributed by atoms with van der Waals surface area (Å²) in [4.78, 5) is 3.96. The van der Waals surface area contributed by atoms with Gasteiger partial charge in [0.1, 0.15) is 5.82 Å². The predicted octanol–water partition coefficient (Wildman–Crippen LogP) is 4.77. The average Bonchev–Trinajstić information content (AvgIpc) is 2.41. The fraction of sp³-hybridized carbons (Fsp3) is 0.267. The van der Waals surface area contributed by atoms with Gasteiger partial charge in [-0.25, -0.2) is 4.39 Å². The van der Waals surface area contributed by atoms with Crippen LogP contribution >= 0.6 is 15.9 Å². The molecule has 2 atom stereocenters. The Morgan fingerprint density at radius 1 is 1.17 bits per heavy atom. The molecule has 0 fully saturated rings. The standard InChI is InChI=1S/C15H15BrFN/c1-10-3-4-14(17)13(9-10)15(16)11(2)12-5-7-18-8-6-12/h3-9,11,15H,1-2H3. The van der Waals surface area contributed by atoms with E-state index in [2.05, 4.69) is 27.8 Å². The smallest absolute Gasteiger partial charge is 0.127 e. The van der Waals surface area contributed by atoms with Gasteiger partial charge in [0.05, 0.1) is 0 Å². The largest absolute Gasteiger partial charge is 0.265 e. The molecule has 0 aliphatic heterocycles. The molecule has 0 radical (unpaired) electrons. The van der Waals surface area contributed by atoms with E-state index >= 15 is 0 Å². The monoisotopic (exact) mass is 307 g/mol. The molecule has 0 N–H and O–H groups in total. The second-order valence-electron chi connectivity index (χ2n) is 4.50. The maximum absolute atomic E-state index is 13.9. The van der Waals surface area contributed by atoms with Gasteiger partial charge in [-0.3, -0.25) is 4.98 Å². The molecular formula is C15H15BrFN. The number of hydrogen-bond acceptors (Lipinski definition) is 1. The molecule has 1 nitrogen and oxygen atoms in total. The molecular weight excluding hydrogens is 293 g/mol. The summed E-state index contributed by atoms with van der Waals surface area (Å²) < 4.78 is 13.9. The van der Waals surface area contributed by atoms with E-state index < -0.39 is 0 Å². The van der Waals surface area contributed by atoms with Crippen molar-refractivity contribution in [3.05, 3.63) is 65.2 Å². The number of aryl methyl sites for hydroxylation is 1. The summed E-state index contributed by atoms with van der Waals surface area (Å²) in [6.45, 7) is 4.05. The lowest BCUT2D eigenvalue weighted by Gasteiger charge is -2.20. The molecule has 0 amide bonds. The average molecular weight is 308 g/mol. The third-order valence-corrected chi connectivity index (χ3v) is 4.41. The van der Waals surface area contributed by atoms with Crippen LogP contribution in [0.4, 0.5) is 4.39 Å². The van der Waals surface area contributed by atoms with Crippen molar-refractivity contribution in [2.24, 2.45) is 0 Å². The Hall–Kier alpha value is -1.22. The van der Waals surface area contributed by atoms with Gasteiger partial charge >= 0.3 is 0 Å². The van der Waals surface area contributed by atoms with Crippen LogP contribution in [0.25, 0.3) is 0 Å². The van der Waals surface area contributed by atoms with Gasteiger partial charge < -0.3 is 0 Å². The highest BCUT2D eigenvalue weighted by molar-refractivity contribution is 9.09. The molecule has 1 aromatic heterocycles. The zero-order valence-corrected chi connectivity index (χ0v) is 12.0. The molecule has 94 valence electrons. The lowest BCUT2D eigenvalue weighted by molar-refractivity contribution is 0.595. The molecule has 0 bridgehead atoms. The number of rotatable bonds is 3. The minimum absolute atomic E-state index is 0.0419. The summed E-state index contributed by atoms with van der Waals surface area (Å²) in [6.07, 6.45) is 3.52. The lowest BCUT2D eigenvalue weighted by Crippen LogP contribution is -2.04. The van der Waals surface area contributed by atoms with E-state index in [0.29, 0.717) is 5.56 Å². The van der Waals surface area contributed by atoms with Crippen molar-refractivity contribution in [1.29, 1.82) is 0 Å². The molecule has 0 aliphatic carbocycles. The summed E-state index contributed by atoms with van der Waals surface area (Å²) >= 11 is 3.61. The van der Waals surface area contributed by atoms with Crippen molar-refractivity contribution < 1.29 is 4.39 Å². The summed E-state index contributed by atoms with van der Waals surface area (Å²) in [6, 6.07) is 9.14. The van der Waals surface area contributed by atoms with Crippen LogP contribution in [0.5, 0.6) is 0 Å². The Labute approximate surface area is 115 Å². The fourth-order valence-electron chi connectivity index (χ4n) is 1.98. The van der Waals surface area contributed by atoms with Gasteiger partial charge in [0.2, 0.25) is 0 Å². The maximum Gasteiger partial charge on any atom is 0.127 e. The van der Waals surface area contributed by atoms with Gasteiger partial charge in [-0.2, -0.15) is 0 Å². The van der Waals surface area contributed by atoms with Crippen LogP contribution in [0.1, 0.15) is 34.4 Å². The Kier molecular flexibility index (Phi) is 4.12. The molecule has 0 spiro atoms. The number of pyridine rings is 1. The SMILES string of the molecule is Cc1ccc(F)c(C(Br)C(C)c2ccncc2)c1. The van der Waals surface area contributed by atoms with E-state index in [-0.39, 0.29) is 16.6 Å². The summed E-state index contributed by atoms with van der Waals surface area (Å²) in [7, 11) is 0. The summed E-state index contributed by atoms with van der Waals surface area (Å²) in [5.74, 6) is 0.0210. The molecule has 3 heteroatoms. The Balaban J connectivity index is 2.31. The van der Waals surface area contributed by atoms with E-state index in [0.717, 1.165) is 11.1 Å². The van der Waals surface area contributed by atoms with Crippen molar-refractivity contribution >= 4 is 15.9 Å². The summed E-state index contributed by atoms with van der Waals surface area (Å²) in [5, 5.41) is 0. The van der Waals surface area contributed by atoms with E-state index in [1.165, 1.54) is 6.07 Å². The quantitative estimate of drug-likeness (QED) is 0.744. The zero-order chi connectivity index (χ0) is 13.1. The van der Waals surface area contributed by atoms with E-state index in [1.54, 1.807) is 18.5 Å². The fourth-order valence-corrected chi connectivity index (χ4v) is 2.64. The van der Waals surface area contributed by atoms with Crippen LogP contribution in [0, 0.1) is 12.7 Å². The van der Waals surface area contributed by atoms with Crippen molar-refractivity contribution in [2.45, 2.75) is 24.6 Å². The van der Waals surface area contributed by atoms with Crippen molar-refractivity contribution in [2.75, 3.05) is 0 Å². The van der Waals surface area contributed by atoms with Crippen molar-refractivity contribution in [1.82, 2.24) is 4.98 Å². The first-order chi connectivity index (χ1) is 8.59. The van der Waals surface area contributed by atoms with Gasteiger partial charge in [-0.1, -0.05) is 40.5 Å². The van der Waals surface area contributed by atoms with Crippen molar-refractivity contribution in [3.8, 4) is 0 Å². The number of nitrogens with zero attached hydrogens (tertiary/aromatic N) is 1. The topological polar surface area (TPSA) is 12.9 Å². The third kappa shape index (κ3) is 2.78. The van der Waals surface area contributed by atoms with E-state index in [9.17, 15) is 4.39 Å². The first-order valence-corrected chi connectivity index (χ1v) is 6.81.